The number of aryl methyl sites for hydroxylation is 2. The van der Waals surface area contributed by atoms with Crippen LogP contribution in [0.15, 0.2) is 42.5 Å². The minimum absolute atomic E-state index is 0. The fourth-order valence-electron chi connectivity index (χ4n) is 4.92. The molecule has 1 aromatic heterocycles. The van der Waals surface area contributed by atoms with Crippen molar-refractivity contribution in [2.75, 3.05) is 6.54 Å². The average molecular weight is 351 g/mol. The van der Waals surface area contributed by atoms with Crippen molar-refractivity contribution in [2.24, 2.45) is 0 Å². The summed E-state index contributed by atoms with van der Waals surface area (Å²) in [6.45, 7) is 2.38. The Balaban J connectivity index is 0.00000140. The van der Waals surface area contributed by atoms with Crippen LogP contribution in [0.1, 0.15) is 35.2 Å². The third-order valence-corrected chi connectivity index (χ3v) is 6.24. The minimum Gasteiger partial charge on any atom is -0.313 e. The van der Waals surface area contributed by atoms with Crippen LogP contribution in [0.5, 0.6) is 0 Å². The van der Waals surface area contributed by atoms with Gasteiger partial charge in [-0.25, -0.2) is 0 Å². The van der Waals surface area contributed by atoms with Gasteiger partial charge in [-0.2, -0.15) is 0 Å². The van der Waals surface area contributed by atoms with Gasteiger partial charge in [-0.1, -0.05) is 36.4 Å². The van der Waals surface area contributed by atoms with Crippen molar-refractivity contribution >= 4 is 23.3 Å². The van der Waals surface area contributed by atoms with E-state index >= 15 is 0 Å². The van der Waals surface area contributed by atoms with Gasteiger partial charge < -0.3 is 4.57 Å². The Hall–Kier alpha value is -1.77. The van der Waals surface area contributed by atoms with Gasteiger partial charge in [-0.3, -0.25) is 4.90 Å². The highest BCUT2D eigenvalue weighted by Gasteiger charge is 2.34. The van der Waals surface area contributed by atoms with E-state index in [0.29, 0.717) is 0 Å². The van der Waals surface area contributed by atoms with Gasteiger partial charge in [-0.05, 0) is 48.4 Å². The Morgan fingerprint density at radius 2 is 1.64 bits per heavy atom. The molecule has 1 fully saturated rings. The number of aromatic nitrogens is 1. The smallest absolute Gasteiger partial charge is 0.0567 e. The summed E-state index contributed by atoms with van der Waals surface area (Å²) in [5.41, 5.74) is 9.11. The largest absolute Gasteiger partial charge is 0.313 e. The van der Waals surface area contributed by atoms with Crippen molar-refractivity contribution in [3.05, 3.63) is 64.8 Å². The van der Waals surface area contributed by atoms with Gasteiger partial charge in [0, 0.05) is 42.3 Å². The lowest BCUT2D eigenvalue weighted by molar-refractivity contribution is 0.243. The number of fused-ring (bicyclic) bond motifs is 5. The fourth-order valence-corrected chi connectivity index (χ4v) is 4.92. The molecule has 0 bridgehead atoms. The van der Waals surface area contributed by atoms with E-state index in [4.69, 9.17) is 0 Å². The minimum atomic E-state index is 0. The van der Waals surface area contributed by atoms with Crippen molar-refractivity contribution < 1.29 is 0 Å². The Morgan fingerprint density at radius 1 is 0.840 bits per heavy atom. The van der Waals surface area contributed by atoms with E-state index in [1.165, 1.54) is 53.5 Å². The maximum atomic E-state index is 2.72. The average Bonchev–Trinajstić information content (AvgIpc) is 3.43. The number of rotatable bonds is 1. The Kier molecular flexibility index (Phi) is 3.48. The molecule has 3 heterocycles. The van der Waals surface area contributed by atoms with Crippen LogP contribution in [-0.2, 0) is 25.8 Å². The summed E-state index contributed by atoms with van der Waals surface area (Å²) in [5, 5.41) is 1.50. The van der Waals surface area contributed by atoms with Crippen molar-refractivity contribution in [3.63, 3.8) is 0 Å². The molecular weight excluding hydrogens is 328 g/mol. The number of nitrogens with zero attached hydrogens (tertiary/aromatic N) is 2. The first-order valence-corrected chi connectivity index (χ1v) is 9.36. The first-order valence-electron chi connectivity index (χ1n) is 9.36. The van der Waals surface area contributed by atoms with Crippen LogP contribution >= 0.6 is 12.4 Å². The highest BCUT2D eigenvalue weighted by molar-refractivity contribution is 5.91. The van der Waals surface area contributed by atoms with E-state index in [9.17, 15) is 0 Å². The molecule has 0 N–H and O–H groups in total. The molecule has 0 unspecified atom stereocenters. The SMILES string of the molecule is Cl.c1ccc2c(c1)CCc1cccc3c4c(n-2c13)CCN(C1CC1)C4. The van der Waals surface area contributed by atoms with E-state index in [0.717, 1.165) is 25.4 Å². The summed E-state index contributed by atoms with van der Waals surface area (Å²) in [6.07, 6.45) is 6.31. The molecule has 0 amide bonds. The zero-order valence-electron chi connectivity index (χ0n) is 14.4. The summed E-state index contributed by atoms with van der Waals surface area (Å²) >= 11 is 0. The van der Waals surface area contributed by atoms with Crippen molar-refractivity contribution in [3.8, 4) is 5.69 Å². The number of hydrogen-bond donors (Lipinski definition) is 0. The molecule has 128 valence electrons. The van der Waals surface area contributed by atoms with Crippen molar-refractivity contribution in [1.29, 1.82) is 0 Å². The standard InChI is InChI=1S/C22H22N2.ClH/c1-2-7-20-15(4-1)8-9-16-5-3-6-18-19-14-23(17-10-11-17)13-12-21(19)24(20)22(16)18;/h1-7,17H,8-14H2;1H. The lowest BCUT2D eigenvalue weighted by Crippen LogP contribution is -2.32. The number of hydrogen-bond acceptors (Lipinski definition) is 1. The zero-order valence-corrected chi connectivity index (χ0v) is 15.2. The maximum absolute atomic E-state index is 2.72. The lowest BCUT2D eigenvalue weighted by Gasteiger charge is -2.28. The van der Waals surface area contributed by atoms with Crippen LogP contribution in [0.4, 0.5) is 0 Å². The second-order valence-electron chi connectivity index (χ2n) is 7.65. The van der Waals surface area contributed by atoms with E-state index in [1.54, 1.807) is 11.3 Å². The quantitative estimate of drug-likeness (QED) is 0.619. The highest BCUT2D eigenvalue weighted by Crippen LogP contribution is 2.40. The molecule has 1 aliphatic carbocycles. The Morgan fingerprint density at radius 3 is 2.52 bits per heavy atom. The molecule has 25 heavy (non-hydrogen) atoms. The molecular formula is C22H23ClN2. The topological polar surface area (TPSA) is 8.17 Å². The zero-order chi connectivity index (χ0) is 15.7. The van der Waals surface area contributed by atoms with Gasteiger partial charge in [-0.15, -0.1) is 12.4 Å². The maximum Gasteiger partial charge on any atom is 0.0567 e. The second kappa shape index (κ2) is 5.62. The van der Waals surface area contributed by atoms with Gasteiger partial charge >= 0.3 is 0 Å². The first-order chi connectivity index (χ1) is 11.9. The number of benzene rings is 2. The van der Waals surface area contributed by atoms with Crippen molar-refractivity contribution in [2.45, 2.75) is 44.7 Å². The molecule has 3 aromatic rings. The molecule has 3 aliphatic rings. The molecule has 0 spiro atoms. The van der Waals surface area contributed by atoms with Crippen LogP contribution in [-0.4, -0.2) is 22.1 Å². The van der Waals surface area contributed by atoms with Gasteiger partial charge in [0.05, 0.1) is 5.52 Å². The Bertz CT molecular complexity index is 968. The summed E-state index contributed by atoms with van der Waals surface area (Å²) in [7, 11) is 0. The van der Waals surface area contributed by atoms with Crippen LogP contribution in [0, 0.1) is 0 Å². The highest BCUT2D eigenvalue weighted by atomic mass is 35.5. The molecule has 3 heteroatoms. The third-order valence-electron chi connectivity index (χ3n) is 6.24. The Labute approximate surface area is 154 Å². The van der Waals surface area contributed by atoms with E-state index in [1.807, 2.05) is 0 Å². The number of halogens is 1. The monoisotopic (exact) mass is 350 g/mol. The molecule has 0 radical (unpaired) electrons. The molecule has 2 nitrogen and oxygen atoms in total. The van der Waals surface area contributed by atoms with Crippen molar-refractivity contribution in [1.82, 2.24) is 9.47 Å². The van der Waals surface area contributed by atoms with Crippen LogP contribution < -0.4 is 0 Å². The lowest BCUT2D eigenvalue weighted by atomic mass is 9.99. The van der Waals surface area contributed by atoms with Gasteiger partial charge in [0.1, 0.15) is 0 Å². The third kappa shape index (κ3) is 2.21. The fraction of sp³-hybridized carbons (Fsp3) is 0.364. The molecule has 2 aliphatic heterocycles. The predicted octanol–water partition coefficient (Wildman–Crippen LogP) is 4.67. The number of para-hydroxylation sites is 2. The summed E-state index contributed by atoms with van der Waals surface area (Å²) in [5.74, 6) is 0. The summed E-state index contributed by atoms with van der Waals surface area (Å²) < 4.78 is 2.62. The second-order valence-corrected chi connectivity index (χ2v) is 7.65. The van der Waals surface area contributed by atoms with Crippen LogP contribution in [0.2, 0.25) is 0 Å². The molecule has 0 atom stereocenters. The summed E-state index contributed by atoms with van der Waals surface area (Å²) in [6, 6.07) is 16.9. The molecule has 2 aromatic carbocycles. The van der Waals surface area contributed by atoms with E-state index < -0.39 is 0 Å². The van der Waals surface area contributed by atoms with Crippen LogP contribution in [0.25, 0.3) is 16.6 Å². The molecule has 0 saturated heterocycles. The van der Waals surface area contributed by atoms with E-state index in [2.05, 4.69) is 51.9 Å². The molecule has 1 saturated carbocycles. The normalized spacial score (nSPS) is 19.0. The predicted molar refractivity (Wildman–Crippen MR) is 105 cm³/mol. The van der Waals surface area contributed by atoms with Gasteiger partial charge in [0.25, 0.3) is 0 Å². The first kappa shape index (κ1) is 15.5. The van der Waals surface area contributed by atoms with E-state index in [-0.39, 0.29) is 12.4 Å². The van der Waals surface area contributed by atoms with Gasteiger partial charge in [0.2, 0.25) is 0 Å². The van der Waals surface area contributed by atoms with Crippen LogP contribution in [0.3, 0.4) is 0 Å². The molecule has 6 rings (SSSR count). The van der Waals surface area contributed by atoms with Gasteiger partial charge in [0.15, 0.2) is 0 Å². The summed E-state index contributed by atoms with van der Waals surface area (Å²) in [4.78, 5) is 2.72.